The van der Waals surface area contributed by atoms with Crippen molar-refractivity contribution in [3.8, 4) is 0 Å². The Morgan fingerprint density at radius 3 is 3.00 bits per heavy atom. The van der Waals surface area contributed by atoms with Crippen LogP contribution in [0.5, 0.6) is 0 Å². The molecule has 0 aliphatic rings. The number of anilines is 1. The minimum atomic E-state index is 0.432. The van der Waals surface area contributed by atoms with Crippen LogP contribution in [0, 0.1) is 0 Å². The van der Waals surface area contributed by atoms with E-state index in [1.165, 1.54) is 5.01 Å². The van der Waals surface area contributed by atoms with Crippen LogP contribution in [0.1, 0.15) is 23.4 Å². The number of benzene rings is 1. The summed E-state index contributed by atoms with van der Waals surface area (Å²) in [7, 11) is 0. The number of hydrogen-bond acceptors (Lipinski definition) is 4. The van der Waals surface area contributed by atoms with E-state index in [0.717, 1.165) is 28.8 Å². The molecule has 1 unspecified atom stereocenters. The highest BCUT2D eigenvalue weighted by atomic mass is 79.9. The van der Waals surface area contributed by atoms with Crippen LogP contribution in [-0.2, 0) is 6.54 Å². The summed E-state index contributed by atoms with van der Waals surface area (Å²) in [6.45, 7) is 3.87. The highest BCUT2D eigenvalue weighted by Crippen LogP contribution is 2.19. The lowest BCUT2D eigenvalue weighted by Crippen LogP contribution is -2.20. The summed E-state index contributed by atoms with van der Waals surface area (Å²) in [5.41, 5.74) is 7.90. The molecule has 1 aromatic heterocycles. The molecule has 5 heteroatoms. The molecule has 0 fully saturated rings. The first-order chi connectivity index (χ1) is 8.66. The fraction of sp³-hybridized carbons (Fsp3) is 0.308. The molecule has 0 amide bonds. The molecular weight excluding hydrogens is 310 g/mol. The van der Waals surface area contributed by atoms with E-state index < -0.39 is 0 Å². The van der Waals surface area contributed by atoms with Crippen LogP contribution in [-0.4, -0.2) is 11.5 Å². The topological polar surface area (TPSA) is 50.9 Å². The quantitative estimate of drug-likeness (QED) is 0.828. The van der Waals surface area contributed by atoms with Gasteiger partial charge in [0.25, 0.3) is 0 Å². The van der Waals surface area contributed by atoms with Crippen molar-refractivity contribution in [3.63, 3.8) is 0 Å². The van der Waals surface area contributed by atoms with Gasteiger partial charge in [0.05, 0.1) is 5.01 Å². The average molecular weight is 326 g/mol. The zero-order valence-corrected chi connectivity index (χ0v) is 12.6. The summed E-state index contributed by atoms with van der Waals surface area (Å²) in [6.07, 6.45) is 1.85. The lowest BCUT2D eigenvalue weighted by Gasteiger charge is -2.11. The van der Waals surface area contributed by atoms with Gasteiger partial charge in [0.2, 0.25) is 0 Å². The summed E-state index contributed by atoms with van der Waals surface area (Å²) in [5.74, 6) is 0.432. The SMILES string of the molecule is CC(CNCc1ccc(Br)cc1N)c1nccs1. The molecule has 1 heterocycles. The van der Waals surface area contributed by atoms with Gasteiger partial charge in [-0.2, -0.15) is 0 Å². The lowest BCUT2D eigenvalue weighted by atomic mass is 10.1. The van der Waals surface area contributed by atoms with Gasteiger partial charge in [-0.3, -0.25) is 0 Å². The Kier molecular flexibility index (Phi) is 4.74. The fourth-order valence-corrected chi connectivity index (χ4v) is 2.79. The van der Waals surface area contributed by atoms with E-state index in [2.05, 4.69) is 33.2 Å². The number of nitrogens with one attached hydrogen (secondary N) is 1. The van der Waals surface area contributed by atoms with E-state index in [4.69, 9.17) is 5.73 Å². The molecule has 0 aliphatic carbocycles. The number of aromatic nitrogens is 1. The average Bonchev–Trinajstić information content (AvgIpc) is 2.85. The zero-order valence-electron chi connectivity index (χ0n) is 10.2. The van der Waals surface area contributed by atoms with Crippen molar-refractivity contribution in [1.82, 2.24) is 10.3 Å². The van der Waals surface area contributed by atoms with Crippen LogP contribution in [0.3, 0.4) is 0 Å². The molecule has 0 bridgehead atoms. The first-order valence-electron chi connectivity index (χ1n) is 5.81. The fourth-order valence-electron chi connectivity index (χ4n) is 1.72. The molecular formula is C13H16BrN3S. The number of nitrogens with two attached hydrogens (primary N) is 1. The third-order valence-electron chi connectivity index (χ3n) is 2.75. The van der Waals surface area contributed by atoms with Crippen molar-refractivity contribution in [2.24, 2.45) is 0 Å². The van der Waals surface area contributed by atoms with E-state index in [-0.39, 0.29) is 0 Å². The molecule has 18 heavy (non-hydrogen) atoms. The normalized spacial score (nSPS) is 12.6. The van der Waals surface area contributed by atoms with Crippen LogP contribution in [0.15, 0.2) is 34.2 Å². The second-order valence-corrected chi connectivity index (χ2v) is 6.09. The van der Waals surface area contributed by atoms with Crippen molar-refractivity contribution < 1.29 is 0 Å². The summed E-state index contributed by atoms with van der Waals surface area (Å²) in [6, 6.07) is 5.99. The molecule has 2 aromatic rings. The van der Waals surface area contributed by atoms with Gasteiger partial charge in [-0.25, -0.2) is 4.98 Å². The molecule has 3 nitrogen and oxygen atoms in total. The van der Waals surface area contributed by atoms with Gasteiger partial charge in [0.1, 0.15) is 0 Å². The third kappa shape index (κ3) is 3.54. The monoisotopic (exact) mass is 325 g/mol. The van der Waals surface area contributed by atoms with Gasteiger partial charge >= 0.3 is 0 Å². The third-order valence-corrected chi connectivity index (χ3v) is 4.25. The Labute approximate surface area is 120 Å². The molecule has 0 saturated heterocycles. The van der Waals surface area contributed by atoms with Crippen molar-refractivity contribution in [3.05, 3.63) is 44.8 Å². The molecule has 0 aliphatic heterocycles. The van der Waals surface area contributed by atoms with Gasteiger partial charge in [-0.05, 0) is 17.7 Å². The van der Waals surface area contributed by atoms with Gasteiger partial charge in [-0.15, -0.1) is 11.3 Å². The predicted octanol–water partition coefficient (Wildman–Crippen LogP) is 3.38. The molecule has 1 aromatic carbocycles. The van der Waals surface area contributed by atoms with Crippen LogP contribution in [0.25, 0.3) is 0 Å². The van der Waals surface area contributed by atoms with Crippen LogP contribution >= 0.6 is 27.3 Å². The maximum Gasteiger partial charge on any atom is 0.0965 e. The van der Waals surface area contributed by atoms with E-state index >= 15 is 0 Å². The molecule has 0 spiro atoms. The van der Waals surface area contributed by atoms with Gasteiger partial charge in [0.15, 0.2) is 0 Å². The zero-order chi connectivity index (χ0) is 13.0. The highest BCUT2D eigenvalue weighted by molar-refractivity contribution is 9.10. The van der Waals surface area contributed by atoms with Crippen molar-refractivity contribution in [2.75, 3.05) is 12.3 Å². The maximum absolute atomic E-state index is 5.95. The van der Waals surface area contributed by atoms with Crippen LogP contribution < -0.4 is 11.1 Å². The summed E-state index contributed by atoms with van der Waals surface area (Å²) in [5, 5.41) is 6.61. The van der Waals surface area contributed by atoms with Crippen molar-refractivity contribution >= 4 is 33.0 Å². The number of nitrogens with zero attached hydrogens (tertiary/aromatic N) is 1. The number of nitrogen functional groups attached to an aromatic ring is 1. The molecule has 0 radical (unpaired) electrons. The second-order valence-electron chi connectivity index (χ2n) is 4.25. The van der Waals surface area contributed by atoms with E-state index in [9.17, 15) is 0 Å². The minimum Gasteiger partial charge on any atom is -0.398 e. The number of hydrogen-bond donors (Lipinski definition) is 2. The minimum absolute atomic E-state index is 0.432. The van der Waals surface area contributed by atoms with Crippen molar-refractivity contribution in [1.29, 1.82) is 0 Å². The summed E-state index contributed by atoms with van der Waals surface area (Å²) in [4.78, 5) is 4.32. The summed E-state index contributed by atoms with van der Waals surface area (Å²) >= 11 is 5.11. The molecule has 0 saturated carbocycles. The maximum atomic E-state index is 5.95. The van der Waals surface area contributed by atoms with E-state index in [0.29, 0.717) is 5.92 Å². The Balaban J connectivity index is 1.85. The molecule has 1 atom stereocenters. The summed E-state index contributed by atoms with van der Waals surface area (Å²) < 4.78 is 1.01. The largest absolute Gasteiger partial charge is 0.398 e. The Morgan fingerprint density at radius 2 is 2.33 bits per heavy atom. The Bertz CT molecular complexity index is 499. The second kappa shape index (κ2) is 6.31. The van der Waals surface area contributed by atoms with Gasteiger partial charge in [-0.1, -0.05) is 28.9 Å². The van der Waals surface area contributed by atoms with Crippen LogP contribution in [0.4, 0.5) is 5.69 Å². The van der Waals surface area contributed by atoms with Crippen molar-refractivity contribution in [2.45, 2.75) is 19.4 Å². The molecule has 96 valence electrons. The van der Waals surface area contributed by atoms with E-state index in [1.54, 1.807) is 11.3 Å². The predicted molar refractivity (Wildman–Crippen MR) is 80.8 cm³/mol. The van der Waals surface area contributed by atoms with Crippen LogP contribution in [0.2, 0.25) is 0 Å². The first-order valence-corrected chi connectivity index (χ1v) is 7.48. The Morgan fingerprint density at radius 1 is 1.50 bits per heavy atom. The van der Waals surface area contributed by atoms with Gasteiger partial charge < -0.3 is 11.1 Å². The van der Waals surface area contributed by atoms with E-state index in [1.807, 2.05) is 29.8 Å². The smallest absolute Gasteiger partial charge is 0.0965 e. The molecule has 3 N–H and O–H groups in total. The number of halogens is 1. The number of rotatable bonds is 5. The first kappa shape index (κ1) is 13.5. The molecule has 2 rings (SSSR count). The van der Waals surface area contributed by atoms with Gasteiger partial charge in [0, 0.05) is 40.7 Å². The Hall–Kier alpha value is -0.910. The number of thiazole rings is 1. The lowest BCUT2D eigenvalue weighted by molar-refractivity contribution is 0.613. The standard InChI is InChI=1S/C13H16BrN3S/c1-9(13-17-4-5-18-13)7-16-8-10-2-3-11(14)6-12(10)15/h2-6,9,16H,7-8,15H2,1H3. The highest BCUT2D eigenvalue weighted by Gasteiger charge is 2.07.